The Hall–Kier alpha value is -1.06. The summed E-state index contributed by atoms with van der Waals surface area (Å²) in [4.78, 5) is 0. The number of nitrogens with one attached hydrogen (secondary N) is 1. The third-order valence-corrected chi connectivity index (χ3v) is 4.08. The molecule has 21 heavy (non-hydrogen) atoms. The van der Waals surface area contributed by atoms with E-state index in [2.05, 4.69) is 30.4 Å². The molecule has 1 aromatic carbocycles. The molecule has 1 atom stereocenters. The average molecular weight is 291 g/mol. The number of ether oxygens (including phenoxy) is 2. The maximum atomic E-state index is 5.86. The Kier molecular flexibility index (Phi) is 7.04. The second kappa shape index (κ2) is 9.06. The van der Waals surface area contributed by atoms with Crippen molar-refractivity contribution in [3.63, 3.8) is 0 Å². The van der Waals surface area contributed by atoms with E-state index in [9.17, 15) is 0 Å². The first-order chi connectivity index (χ1) is 10.3. The van der Waals surface area contributed by atoms with Gasteiger partial charge in [0.15, 0.2) is 0 Å². The van der Waals surface area contributed by atoms with E-state index in [1.54, 1.807) is 7.11 Å². The van der Waals surface area contributed by atoms with E-state index in [0.29, 0.717) is 6.04 Å². The summed E-state index contributed by atoms with van der Waals surface area (Å²) < 4.78 is 10.9. The molecule has 1 aromatic rings. The minimum absolute atomic E-state index is 0.532. The van der Waals surface area contributed by atoms with E-state index < -0.39 is 0 Å². The zero-order valence-corrected chi connectivity index (χ0v) is 13.5. The molecule has 1 aliphatic rings. The van der Waals surface area contributed by atoms with Crippen molar-refractivity contribution in [1.29, 1.82) is 0 Å². The summed E-state index contributed by atoms with van der Waals surface area (Å²) in [7, 11) is 1.74. The Labute approximate surface area is 129 Å². The quantitative estimate of drug-likeness (QED) is 0.701. The van der Waals surface area contributed by atoms with Gasteiger partial charge in [-0.25, -0.2) is 0 Å². The first-order valence-electron chi connectivity index (χ1n) is 8.33. The molecule has 0 heterocycles. The van der Waals surface area contributed by atoms with Gasteiger partial charge in [0.05, 0.1) is 6.61 Å². The highest BCUT2D eigenvalue weighted by molar-refractivity contribution is 5.39. The third kappa shape index (κ3) is 5.01. The fourth-order valence-electron chi connectivity index (χ4n) is 2.95. The van der Waals surface area contributed by atoms with E-state index in [1.807, 2.05) is 0 Å². The number of rotatable bonds is 9. The summed E-state index contributed by atoms with van der Waals surface area (Å²) in [5, 5.41) is 3.66. The van der Waals surface area contributed by atoms with Crippen molar-refractivity contribution < 1.29 is 9.47 Å². The Morgan fingerprint density at radius 1 is 1.24 bits per heavy atom. The molecule has 1 aliphatic carbocycles. The normalized spacial score (nSPS) is 17.5. The van der Waals surface area contributed by atoms with Crippen molar-refractivity contribution in [2.24, 2.45) is 0 Å². The highest BCUT2D eigenvalue weighted by atomic mass is 16.5. The summed E-state index contributed by atoms with van der Waals surface area (Å²) in [6.07, 6.45) is 7.00. The summed E-state index contributed by atoms with van der Waals surface area (Å²) in [5.74, 6) is 1.02. The number of benzene rings is 1. The van der Waals surface area contributed by atoms with Crippen molar-refractivity contribution in [3.05, 3.63) is 29.3 Å². The zero-order chi connectivity index (χ0) is 14.9. The minimum atomic E-state index is 0.532. The topological polar surface area (TPSA) is 30.5 Å². The van der Waals surface area contributed by atoms with Crippen LogP contribution in [-0.4, -0.2) is 26.9 Å². The molecule has 0 aliphatic heterocycles. The highest BCUT2D eigenvalue weighted by Crippen LogP contribution is 2.32. The monoisotopic (exact) mass is 291 g/mol. The standard InChI is InChI=1S/C18H29NO2/c1-3-11-19-18-8-6-7-15-14-16(9-10-17(15)18)21-13-5-4-12-20-2/h9-10,14,18-19H,3-8,11-13H2,1-2H3. The number of methoxy groups -OCH3 is 1. The lowest BCUT2D eigenvalue weighted by molar-refractivity contribution is 0.184. The molecule has 3 heteroatoms. The lowest BCUT2D eigenvalue weighted by atomic mass is 9.87. The molecular formula is C18H29NO2. The van der Waals surface area contributed by atoms with E-state index in [4.69, 9.17) is 9.47 Å². The van der Waals surface area contributed by atoms with E-state index in [1.165, 1.54) is 36.8 Å². The van der Waals surface area contributed by atoms with E-state index in [-0.39, 0.29) is 0 Å². The van der Waals surface area contributed by atoms with E-state index >= 15 is 0 Å². The Morgan fingerprint density at radius 2 is 2.10 bits per heavy atom. The summed E-state index contributed by atoms with van der Waals surface area (Å²) >= 11 is 0. The van der Waals surface area contributed by atoms with Gasteiger partial charge in [-0.1, -0.05) is 13.0 Å². The van der Waals surface area contributed by atoms with Gasteiger partial charge < -0.3 is 14.8 Å². The van der Waals surface area contributed by atoms with Crippen LogP contribution in [0, 0.1) is 0 Å². The first kappa shape index (κ1) is 16.3. The van der Waals surface area contributed by atoms with Crippen LogP contribution >= 0.6 is 0 Å². The summed E-state index contributed by atoms with van der Waals surface area (Å²) in [5.41, 5.74) is 2.94. The molecule has 1 unspecified atom stereocenters. The van der Waals surface area contributed by atoms with Crippen LogP contribution in [0.2, 0.25) is 0 Å². The van der Waals surface area contributed by atoms with Gasteiger partial charge >= 0.3 is 0 Å². The van der Waals surface area contributed by atoms with Gasteiger partial charge in [0.2, 0.25) is 0 Å². The van der Waals surface area contributed by atoms with Crippen molar-refractivity contribution >= 4 is 0 Å². The minimum Gasteiger partial charge on any atom is -0.494 e. The van der Waals surface area contributed by atoms with Crippen molar-refractivity contribution in [2.45, 2.75) is 51.5 Å². The fourth-order valence-corrected chi connectivity index (χ4v) is 2.95. The van der Waals surface area contributed by atoms with Gasteiger partial charge in [0.1, 0.15) is 5.75 Å². The first-order valence-corrected chi connectivity index (χ1v) is 8.33. The van der Waals surface area contributed by atoms with Crippen LogP contribution in [0.15, 0.2) is 18.2 Å². The molecule has 0 radical (unpaired) electrons. The van der Waals surface area contributed by atoms with Crippen LogP contribution in [0.3, 0.4) is 0 Å². The third-order valence-electron chi connectivity index (χ3n) is 4.08. The molecule has 3 nitrogen and oxygen atoms in total. The van der Waals surface area contributed by atoms with Gasteiger partial charge in [0.25, 0.3) is 0 Å². The predicted octanol–water partition coefficient (Wildman–Crippen LogP) is 3.87. The summed E-state index contributed by atoms with van der Waals surface area (Å²) in [6.45, 7) is 4.91. The molecular weight excluding hydrogens is 262 g/mol. The molecule has 0 spiro atoms. The largest absolute Gasteiger partial charge is 0.494 e. The van der Waals surface area contributed by atoms with Crippen LogP contribution in [-0.2, 0) is 11.2 Å². The number of aryl methyl sites for hydroxylation is 1. The maximum absolute atomic E-state index is 5.86. The highest BCUT2D eigenvalue weighted by Gasteiger charge is 2.19. The van der Waals surface area contributed by atoms with Gasteiger partial charge in [-0.2, -0.15) is 0 Å². The van der Waals surface area contributed by atoms with Crippen LogP contribution in [0.4, 0.5) is 0 Å². The molecule has 1 N–H and O–H groups in total. The molecule has 2 rings (SSSR count). The number of fused-ring (bicyclic) bond motifs is 1. The van der Waals surface area contributed by atoms with Gasteiger partial charge in [-0.05, 0) is 68.3 Å². The number of hydrogen-bond acceptors (Lipinski definition) is 3. The van der Waals surface area contributed by atoms with Gasteiger partial charge in [-0.15, -0.1) is 0 Å². The molecule has 0 amide bonds. The maximum Gasteiger partial charge on any atom is 0.119 e. The van der Waals surface area contributed by atoms with Crippen molar-refractivity contribution in [1.82, 2.24) is 5.32 Å². The average Bonchev–Trinajstić information content (AvgIpc) is 2.52. The second-order valence-corrected chi connectivity index (χ2v) is 5.81. The van der Waals surface area contributed by atoms with Gasteiger partial charge in [-0.3, -0.25) is 0 Å². The zero-order valence-electron chi connectivity index (χ0n) is 13.5. The molecule has 0 saturated carbocycles. The number of hydrogen-bond donors (Lipinski definition) is 1. The van der Waals surface area contributed by atoms with Crippen LogP contribution < -0.4 is 10.1 Å². The van der Waals surface area contributed by atoms with E-state index in [0.717, 1.165) is 38.3 Å². The molecule has 118 valence electrons. The van der Waals surface area contributed by atoms with Crippen LogP contribution in [0.5, 0.6) is 5.75 Å². The van der Waals surface area contributed by atoms with Crippen molar-refractivity contribution in [3.8, 4) is 5.75 Å². The van der Waals surface area contributed by atoms with Crippen molar-refractivity contribution in [2.75, 3.05) is 26.9 Å². The second-order valence-electron chi connectivity index (χ2n) is 5.81. The molecule has 0 aromatic heterocycles. The Bertz CT molecular complexity index is 420. The molecule has 0 bridgehead atoms. The Morgan fingerprint density at radius 3 is 2.90 bits per heavy atom. The van der Waals surface area contributed by atoms with Crippen LogP contribution in [0.25, 0.3) is 0 Å². The SMILES string of the molecule is CCCNC1CCCc2cc(OCCCCOC)ccc21. The molecule has 0 saturated heterocycles. The lowest BCUT2D eigenvalue weighted by Gasteiger charge is -2.27. The fraction of sp³-hybridized carbons (Fsp3) is 0.667. The predicted molar refractivity (Wildman–Crippen MR) is 87.0 cm³/mol. The number of unbranched alkanes of at least 4 members (excludes halogenated alkanes) is 1. The van der Waals surface area contributed by atoms with Crippen LogP contribution in [0.1, 0.15) is 56.2 Å². The molecule has 0 fully saturated rings. The lowest BCUT2D eigenvalue weighted by Crippen LogP contribution is -2.25. The summed E-state index contributed by atoms with van der Waals surface area (Å²) in [6, 6.07) is 7.16. The Balaban J connectivity index is 1.89. The van der Waals surface area contributed by atoms with Gasteiger partial charge in [0, 0.05) is 19.8 Å². The smallest absolute Gasteiger partial charge is 0.119 e.